The van der Waals surface area contributed by atoms with Crippen molar-refractivity contribution >= 4 is 39.9 Å². The van der Waals surface area contributed by atoms with Crippen LogP contribution in [0.4, 0.5) is 23.2 Å². The molecule has 0 saturated heterocycles. The number of aliphatic imine (C=N–C) groups is 1. The minimum atomic E-state index is -4.57. The summed E-state index contributed by atoms with van der Waals surface area (Å²) in [6, 6.07) is 8.99. The predicted molar refractivity (Wildman–Crippen MR) is 147 cm³/mol. The fourth-order valence-corrected chi connectivity index (χ4v) is 7.45. The molecule has 6 rings (SSSR count). The van der Waals surface area contributed by atoms with E-state index in [9.17, 15) is 17.4 Å². The Morgan fingerprint density at radius 3 is 2.65 bits per heavy atom. The second-order valence-electron chi connectivity index (χ2n) is 9.77. The zero-order valence-electron chi connectivity index (χ0n) is 21.2. The number of nitrogens with two attached hydrogens (primary N) is 1. The Bertz CT molecular complexity index is 1580. The van der Waals surface area contributed by atoms with Crippen LogP contribution in [0.2, 0.25) is 0 Å². The molecule has 210 valence electrons. The first-order valence-corrected chi connectivity index (χ1v) is 14.5. The number of anilines is 1. The van der Waals surface area contributed by atoms with Gasteiger partial charge < -0.3 is 16.0 Å². The van der Waals surface area contributed by atoms with Crippen LogP contribution in [0.5, 0.6) is 0 Å². The number of aryl methyl sites for hydroxylation is 1. The van der Waals surface area contributed by atoms with Crippen molar-refractivity contribution in [1.82, 2.24) is 20.0 Å². The smallest absolute Gasteiger partial charge is 0.385 e. The first-order valence-electron chi connectivity index (χ1n) is 12.6. The Hall–Kier alpha value is -3.65. The van der Waals surface area contributed by atoms with Crippen molar-refractivity contribution in [3.8, 4) is 10.6 Å². The van der Waals surface area contributed by atoms with Gasteiger partial charge in [0.15, 0.2) is 22.8 Å². The lowest BCUT2D eigenvalue weighted by Crippen LogP contribution is -2.39. The van der Waals surface area contributed by atoms with Crippen LogP contribution < -0.4 is 15.8 Å². The molecule has 4 N–H and O–H groups in total. The SMILES string of the molecule is Cn1nc(C(F)(F)F)cc1-c1ccc(S(=O)Nc2ccc(C3=CN(C4CCCC4)C4N=CNC(N)=C34)cc2F)s1. The highest BCUT2D eigenvalue weighted by Crippen LogP contribution is 2.42. The van der Waals surface area contributed by atoms with Gasteiger partial charge in [0, 0.05) is 30.4 Å². The van der Waals surface area contributed by atoms with Crippen molar-refractivity contribution in [3.63, 3.8) is 0 Å². The lowest BCUT2D eigenvalue weighted by molar-refractivity contribution is -0.141. The molecule has 8 nitrogen and oxygen atoms in total. The lowest BCUT2D eigenvalue weighted by atomic mass is 9.98. The summed E-state index contributed by atoms with van der Waals surface area (Å²) in [5.41, 5.74) is 7.74. The van der Waals surface area contributed by atoms with Crippen molar-refractivity contribution in [2.75, 3.05) is 4.72 Å². The molecule has 2 unspecified atom stereocenters. The van der Waals surface area contributed by atoms with Gasteiger partial charge >= 0.3 is 6.18 Å². The molecule has 1 saturated carbocycles. The number of hydrogen-bond acceptors (Lipinski definition) is 7. The van der Waals surface area contributed by atoms with Gasteiger partial charge in [-0.2, -0.15) is 18.3 Å². The van der Waals surface area contributed by atoms with E-state index in [1.165, 1.54) is 25.2 Å². The Labute approximate surface area is 233 Å². The van der Waals surface area contributed by atoms with E-state index in [0.29, 0.717) is 26.5 Å². The van der Waals surface area contributed by atoms with Gasteiger partial charge in [-0.15, -0.1) is 11.3 Å². The van der Waals surface area contributed by atoms with Gasteiger partial charge in [0.2, 0.25) is 0 Å². The third kappa shape index (κ3) is 4.79. The number of aromatic nitrogens is 2. The van der Waals surface area contributed by atoms with E-state index in [-0.39, 0.29) is 17.5 Å². The van der Waals surface area contributed by atoms with E-state index >= 15 is 4.39 Å². The zero-order chi connectivity index (χ0) is 28.2. The minimum absolute atomic E-state index is 0.0291. The van der Waals surface area contributed by atoms with E-state index in [1.54, 1.807) is 18.5 Å². The molecule has 1 fully saturated rings. The van der Waals surface area contributed by atoms with Crippen LogP contribution in [0.1, 0.15) is 36.9 Å². The zero-order valence-corrected chi connectivity index (χ0v) is 22.8. The summed E-state index contributed by atoms with van der Waals surface area (Å²) in [5.74, 6) is -0.132. The molecule has 0 amide bonds. The number of nitrogens with zero attached hydrogens (tertiary/aromatic N) is 4. The van der Waals surface area contributed by atoms with Crippen LogP contribution in [-0.4, -0.2) is 37.4 Å². The van der Waals surface area contributed by atoms with Crippen LogP contribution in [0.25, 0.3) is 16.1 Å². The van der Waals surface area contributed by atoms with Crippen LogP contribution >= 0.6 is 11.3 Å². The summed E-state index contributed by atoms with van der Waals surface area (Å²) >= 11 is 1.04. The van der Waals surface area contributed by atoms with E-state index in [2.05, 4.69) is 25.0 Å². The maximum atomic E-state index is 15.3. The molecule has 2 aromatic heterocycles. The van der Waals surface area contributed by atoms with Crippen LogP contribution in [0.15, 0.2) is 63.2 Å². The van der Waals surface area contributed by atoms with Gasteiger partial charge in [-0.3, -0.25) is 9.40 Å². The summed E-state index contributed by atoms with van der Waals surface area (Å²) < 4.78 is 71.5. The van der Waals surface area contributed by atoms with E-state index < -0.39 is 28.7 Å². The third-order valence-electron chi connectivity index (χ3n) is 7.25. The molecule has 3 aliphatic rings. The van der Waals surface area contributed by atoms with Gasteiger partial charge in [-0.25, -0.2) is 13.6 Å². The molecule has 14 heteroatoms. The molecular formula is C26H25F4N7OS2. The third-order valence-corrected chi connectivity index (χ3v) is 9.76. The molecule has 3 aromatic rings. The van der Waals surface area contributed by atoms with Crippen molar-refractivity contribution in [2.45, 2.75) is 48.3 Å². The van der Waals surface area contributed by atoms with Crippen molar-refractivity contribution in [3.05, 3.63) is 71.1 Å². The molecule has 0 bridgehead atoms. The molecule has 2 atom stereocenters. The molecule has 40 heavy (non-hydrogen) atoms. The Morgan fingerprint density at radius 2 is 1.95 bits per heavy atom. The number of halogens is 4. The quantitative estimate of drug-likeness (QED) is 0.344. The fraction of sp³-hybridized carbons (Fsp3) is 0.308. The maximum absolute atomic E-state index is 15.3. The van der Waals surface area contributed by atoms with E-state index in [1.807, 2.05) is 6.20 Å². The van der Waals surface area contributed by atoms with Crippen LogP contribution in [0.3, 0.4) is 0 Å². The molecular weight excluding hydrogens is 566 g/mol. The van der Waals surface area contributed by atoms with Crippen molar-refractivity contribution in [2.24, 2.45) is 17.8 Å². The number of hydrogen-bond donors (Lipinski definition) is 3. The maximum Gasteiger partial charge on any atom is 0.435 e. The van der Waals surface area contributed by atoms with E-state index in [4.69, 9.17) is 5.73 Å². The molecule has 0 radical (unpaired) electrons. The standard InChI is InChI=1S/C26H25F4N7OS2/c1-36-19(11-21(34-36)26(28,29)30)20-8-9-22(39-20)40(38)35-18-7-6-14(10-17(18)27)16-12-37(15-4-2-3-5-15)25-23(16)24(31)32-13-33-25/h6-13,15,25,35H,2-5,31H2,1H3,(H,32,33). The number of alkyl halides is 3. The molecule has 1 aromatic carbocycles. The van der Waals surface area contributed by atoms with Crippen molar-refractivity contribution in [1.29, 1.82) is 0 Å². The summed E-state index contributed by atoms with van der Waals surface area (Å²) in [7, 11) is -0.440. The number of benzene rings is 1. The van der Waals surface area contributed by atoms with E-state index in [0.717, 1.165) is 58.9 Å². The Kier molecular flexibility index (Phi) is 6.69. The molecule has 1 aliphatic carbocycles. The fourth-order valence-electron chi connectivity index (χ4n) is 5.32. The van der Waals surface area contributed by atoms with Crippen molar-refractivity contribution < 1.29 is 21.8 Å². The summed E-state index contributed by atoms with van der Waals surface area (Å²) in [6.45, 7) is 0. The monoisotopic (exact) mass is 591 g/mol. The first-order chi connectivity index (χ1) is 19.1. The summed E-state index contributed by atoms with van der Waals surface area (Å²) in [6.07, 6.45) is 3.20. The number of thiophene rings is 1. The lowest BCUT2D eigenvalue weighted by Gasteiger charge is -2.31. The Morgan fingerprint density at radius 1 is 1.18 bits per heavy atom. The topological polar surface area (TPSA) is 101 Å². The van der Waals surface area contributed by atoms with Gasteiger partial charge in [0.05, 0.1) is 22.6 Å². The minimum Gasteiger partial charge on any atom is -0.385 e. The highest BCUT2D eigenvalue weighted by molar-refractivity contribution is 7.88. The number of fused-ring (bicyclic) bond motifs is 1. The second-order valence-corrected chi connectivity index (χ2v) is 12.3. The second kappa shape index (κ2) is 10.1. The average Bonchev–Trinajstić information content (AvgIpc) is 3.70. The summed E-state index contributed by atoms with van der Waals surface area (Å²) in [4.78, 5) is 7.25. The first kappa shape index (κ1) is 26.6. The van der Waals surface area contributed by atoms with Gasteiger partial charge in [-0.05, 0) is 48.7 Å². The Balaban J connectivity index is 1.22. The highest BCUT2D eigenvalue weighted by Gasteiger charge is 2.38. The van der Waals surface area contributed by atoms with Crippen LogP contribution in [-0.2, 0) is 24.2 Å². The van der Waals surface area contributed by atoms with Gasteiger partial charge in [-0.1, -0.05) is 18.9 Å². The highest BCUT2D eigenvalue weighted by atomic mass is 32.2. The number of nitrogens with one attached hydrogen (secondary N) is 2. The van der Waals surface area contributed by atoms with Crippen LogP contribution in [0, 0.1) is 5.82 Å². The normalized spacial score (nSPS) is 20.1. The molecule has 2 aliphatic heterocycles. The molecule has 4 heterocycles. The van der Waals surface area contributed by atoms with Gasteiger partial charge in [0.25, 0.3) is 0 Å². The van der Waals surface area contributed by atoms with Gasteiger partial charge in [0.1, 0.15) is 15.8 Å². The largest absolute Gasteiger partial charge is 0.435 e. The number of rotatable bonds is 6. The molecule has 0 spiro atoms. The average molecular weight is 592 g/mol. The predicted octanol–water partition coefficient (Wildman–Crippen LogP) is 5.17. The summed E-state index contributed by atoms with van der Waals surface area (Å²) in [5, 5.41) is 6.47.